The first-order chi connectivity index (χ1) is 10.2. The summed E-state index contributed by atoms with van der Waals surface area (Å²) in [6.07, 6.45) is 2.09. The normalized spacial score (nSPS) is 18.4. The van der Waals surface area contributed by atoms with Gasteiger partial charge in [0.05, 0.1) is 0 Å². The van der Waals surface area contributed by atoms with Crippen LogP contribution in [0.4, 0.5) is 0 Å². The summed E-state index contributed by atoms with van der Waals surface area (Å²) >= 11 is 0. The number of aromatic nitrogens is 1. The Kier molecular flexibility index (Phi) is 4.15. The fourth-order valence-electron chi connectivity index (χ4n) is 2.58. The zero-order valence-electron chi connectivity index (χ0n) is 12.0. The first-order valence-corrected chi connectivity index (χ1v) is 7.49. The molecule has 0 atom stereocenters. The molecule has 0 aromatic carbocycles. The molecule has 2 fully saturated rings. The molecule has 2 N–H and O–H groups in total. The highest BCUT2D eigenvalue weighted by Gasteiger charge is 2.22. The maximum absolute atomic E-state index is 12.3. The average molecular weight is 288 g/mol. The third-order valence-corrected chi connectivity index (χ3v) is 4.01. The minimum absolute atomic E-state index is 0.0784. The van der Waals surface area contributed by atoms with E-state index >= 15 is 0 Å². The van der Waals surface area contributed by atoms with Crippen molar-refractivity contribution >= 4 is 11.8 Å². The van der Waals surface area contributed by atoms with E-state index in [1.807, 2.05) is 0 Å². The first kappa shape index (κ1) is 14.0. The minimum Gasteiger partial charge on any atom is -0.350 e. The van der Waals surface area contributed by atoms with Crippen LogP contribution in [0.1, 0.15) is 33.8 Å². The molecule has 2 aliphatic heterocycles. The van der Waals surface area contributed by atoms with Crippen LogP contribution in [0.5, 0.6) is 0 Å². The van der Waals surface area contributed by atoms with E-state index in [9.17, 15) is 9.59 Å². The summed E-state index contributed by atoms with van der Waals surface area (Å²) in [5.74, 6) is 0.215. The number of rotatable bonds is 4. The molecule has 2 saturated heterocycles. The Morgan fingerprint density at radius 1 is 1.24 bits per heavy atom. The molecule has 0 unspecified atom stereocenters. The van der Waals surface area contributed by atoms with Gasteiger partial charge in [-0.05, 0) is 25.0 Å². The molecule has 1 aromatic rings. The summed E-state index contributed by atoms with van der Waals surface area (Å²) in [5, 5.41) is 6.03. The SMILES string of the molecule is O=C(NCC1CNC1)c1cccc(C(=O)N2CCCC2)n1. The highest BCUT2D eigenvalue weighted by molar-refractivity contribution is 5.96. The predicted molar refractivity (Wildman–Crippen MR) is 78.1 cm³/mol. The summed E-state index contributed by atoms with van der Waals surface area (Å²) in [4.78, 5) is 30.3. The van der Waals surface area contributed by atoms with E-state index in [0.717, 1.165) is 39.0 Å². The number of nitrogens with zero attached hydrogens (tertiary/aromatic N) is 2. The van der Waals surface area contributed by atoms with Crippen molar-refractivity contribution in [3.8, 4) is 0 Å². The number of carbonyl (C=O) groups excluding carboxylic acids is 2. The van der Waals surface area contributed by atoms with E-state index in [1.165, 1.54) is 0 Å². The largest absolute Gasteiger partial charge is 0.350 e. The standard InChI is InChI=1S/C15H20N4O2/c20-14(17-10-11-8-16-9-11)12-4-3-5-13(18-12)15(21)19-6-1-2-7-19/h3-5,11,16H,1-2,6-10H2,(H,17,20). The van der Waals surface area contributed by atoms with Crippen LogP contribution in [0.3, 0.4) is 0 Å². The highest BCUT2D eigenvalue weighted by Crippen LogP contribution is 2.12. The topological polar surface area (TPSA) is 74.3 Å². The van der Waals surface area contributed by atoms with E-state index in [0.29, 0.717) is 23.9 Å². The van der Waals surface area contributed by atoms with Crippen molar-refractivity contribution in [2.75, 3.05) is 32.7 Å². The van der Waals surface area contributed by atoms with Crippen LogP contribution in [0.2, 0.25) is 0 Å². The molecule has 0 saturated carbocycles. The molecule has 0 radical (unpaired) electrons. The number of amides is 2. The molecule has 0 aliphatic carbocycles. The summed E-state index contributed by atoms with van der Waals surface area (Å²) in [6.45, 7) is 4.11. The van der Waals surface area contributed by atoms with Crippen molar-refractivity contribution in [1.82, 2.24) is 20.5 Å². The van der Waals surface area contributed by atoms with Crippen LogP contribution in [0.15, 0.2) is 18.2 Å². The summed E-state index contributed by atoms with van der Waals surface area (Å²) in [5.41, 5.74) is 0.669. The predicted octanol–water partition coefficient (Wildman–Crippen LogP) is 0.267. The Morgan fingerprint density at radius 2 is 1.95 bits per heavy atom. The third-order valence-electron chi connectivity index (χ3n) is 4.01. The molecule has 6 nitrogen and oxygen atoms in total. The summed E-state index contributed by atoms with van der Waals surface area (Å²) < 4.78 is 0. The van der Waals surface area contributed by atoms with E-state index in [4.69, 9.17) is 0 Å². The van der Waals surface area contributed by atoms with Crippen molar-refractivity contribution in [1.29, 1.82) is 0 Å². The Hall–Kier alpha value is -1.95. The molecule has 0 bridgehead atoms. The second-order valence-electron chi connectivity index (χ2n) is 5.64. The number of hydrogen-bond acceptors (Lipinski definition) is 4. The fourth-order valence-corrected chi connectivity index (χ4v) is 2.58. The Balaban J connectivity index is 1.64. The van der Waals surface area contributed by atoms with Crippen molar-refractivity contribution < 1.29 is 9.59 Å². The van der Waals surface area contributed by atoms with E-state index in [2.05, 4.69) is 15.6 Å². The van der Waals surface area contributed by atoms with Gasteiger partial charge in [-0.1, -0.05) is 6.07 Å². The van der Waals surface area contributed by atoms with Gasteiger partial charge in [-0.2, -0.15) is 0 Å². The van der Waals surface area contributed by atoms with E-state index in [1.54, 1.807) is 23.1 Å². The summed E-state index contributed by atoms with van der Waals surface area (Å²) in [7, 11) is 0. The maximum Gasteiger partial charge on any atom is 0.272 e. The molecule has 112 valence electrons. The van der Waals surface area contributed by atoms with Crippen LogP contribution in [0.25, 0.3) is 0 Å². The van der Waals surface area contributed by atoms with Crippen LogP contribution in [0, 0.1) is 5.92 Å². The van der Waals surface area contributed by atoms with Gasteiger partial charge in [-0.3, -0.25) is 9.59 Å². The fraction of sp³-hybridized carbons (Fsp3) is 0.533. The molecule has 3 heterocycles. The number of pyridine rings is 1. The third kappa shape index (κ3) is 3.21. The Bertz CT molecular complexity index is 536. The molecule has 21 heavy (non-hydrogen) atoms. The van der Waals surface area contributed by atoms with Crippen LogP contribution >= 0.6 is 0 Å². The van der Waals surface area contributed by atoms with Gasteiger partial charge in [0.15, 0.2) is 0 Å². The van der Waals surface area contributed by atoms with E-state index in [-0.39, 0.29) is 11.8 Å². The van der Waals surface area contributed by atoms with Gasteiger partial charge in [-0.15, -0.1) is 0 Å². The molecule has 2 amide bonds. The van der Waals surface area contributed by atoms with Gasteiger partial charge >= 0.3 is 0 Å². The lowest BCUT2D eigenvalue weighted by Crippen LogP contribution is -2.48. The summed E-state index contributed by atoms with van der Waals surface area (Å²) in [6, 6.07) is 5.04. The van der Waals surface area contributed by atoms with Crippen molar-refractivity contribution in [2.45, 2.75) is 12.8 Å². The van der Waals surface area contributed by atoms with Crippen molar-refractivity contribution in [2.24, 2.45) is 5.92 Å². The molecule has 0 spiro atoms. The van der Waals surface area contributed by atoms with Gasteiger partial charge in [0.25, 0.3) is 11.8 Å². The number of nitrogens with one attached hydrogen (secondary N) is 2. The zero-order chi connectivity index (χ0) is 14.7. The van der Waals surface area contributed by atoms with Gasteiger partial charge in [0.2, 0.25) is 0 Å². The quantitative estimate of drug-likeness (QED) is 0.834. The van der Waals surface area contributed by atoms with Gasteiger partial charge in [0.1, 0.15) is 11.4 Å². The molecule has 2 aliphatic rings. The number of likely N-dealkylation sites (tertiary alicyclic amines) is 1. The molecule has 1 aromatic heterocycles. The number of hydrogen-bond donors (Lipinski definition) is 2. The molecular formula is C15H20N4O2. The van der Waals surface area contributed by atoms with Crippen LogP contribution in [-0.2, 0) is 0 Å². The van der Waals surface area contributed by atoms with Gasteiger partial charge < -0.3 is 15.5 Å². The lowest BCUT2D eigenvalue weighted by atomic mass is 10.0. The molecule has 3 rings (SSSR count). The van der Waals surface area contributed by atoms with Gasteiger partial charge in [0, 0.05) is 38.6 Å². The van der Waals surface area contributed by atoms with E-state index < -0.39 is 0 Å². The number of carbonyl (C=O) groups is 2. The highest BCUT2D eigenvalue weighted by atomic mass is 16.2. The Morgan fingerprint density at radius 3 is 2.62 bits per heavy atom. The molecule has 6 heteroatoms. The minimum atomic E-state index is -0.210. The smallest absolute Gasteiger partial charge is 0.272 e. The lowest BCUT2D eigenvalue weighted by Gasteiger charge is -2.26. The Labute approximate surface area is 123 Å². The van der Waals surface area contributed by atoms with Crippen LogP contribution < -0.4 is 10.6 Å². The maximum atomic E-state index is 12.3. The second kappa shape index (κ2) is 6.22. The monoisotopic (exact) mass is 288 g/mol. The first-order valence-electron chi connectivity index (χ1n) is 7.49. The zero-order valence-corrected chi connectivity index (χ0v) is 12.0. The van der Waals surface area contributed by atoms with Gasteiger partial charge in [-0.25, -0.2) is 4.98 Å². The lowest BCUT2D eigenvalue weighted by molar-refractivity contribution is 0.0787. The average Bonchev–Trinajstić information content (AvgIpc) is 2.99. The molecular weight excluding hydrogens is 268 g/mol. The van der Waals surface area contributed by atoms with Crippen LogP contribution in [-0.4, -0.2) is 54.4 Å². The second-order valence-corrected chi connectivity index (χ2v) is 5.64. The van der Waals surface area contributed by atoms with Crippen molar-refractivity contribution in [3.63, 3.8) is 0 Å². The van der Waals surface area contributed by atoms with Crippen molar-refractivity contribution in [3.05, 3.63) is 29.6 Å².